The van der Waals surface area contributed by atoms with Crippen LogP contribution >= 0.6 is 0 Å². The Morgan fingerprint density at radius 2 is 1.47 bits per heavy atom. The summed E-state index contributed by atoms with van der Waals surface area (Å²) in [6, 6.07) is 0. The molecule has 0 spiro atoms. The van der Waals surface area contributed by atoms with Gasteiger partial charge in [-0.2, -0.15) is 0 Å². The highest BCUT2D eigenvalue weighted by molar-refractivity contribution is 5.62. The van der Waals surface area contributed by atoms with E-state index in [1.807, 2.05) is 0 Å². The first-order valence-electron chi connectivity index (χ1n) is 6.60. The second-order valence-corrected chi connectivity index (χ2v) is 4.06. The number of aliphatic hydroxyl groups excluding tert-OH is 1. The summed E-state index contributed by atoms with van der Waals surface area (Å²) in [7, 11) is 0. The Hall–Kier alpha value is -0.830. The fourth-order valence-corrected chi connectivity index (χ4v) is 1.31. The largest absolute Gasteiger partial charge is 0.481 e. The van der Waals surface area contributed by atoms with E-state index in [9.17, 15) is 0 Å². The summed E-state index contributed by atoms with van der Waals surface area (Å²) >= 11 is 0. The molecule has 0 unspecified atom stereocenters. The van der Waals surface area contributed by atoms with Gasteiger partial charge in [0.05, 0.1) is 0 Å². The highest BCUT2D eigenvalue weighted by atomic mass is 16.4. The van der Waals surface area contributed by atoms with Crippen molar-refractivity contribution in [2.45, 2.75) is 65.2 Å². The maximum absolute atomic E-state index is 9.00. The van der Waals surface area contributed by atoms with Gasteiger partial charge in [-0.05, 0) is 25.7 Å². The van der Waals surface area contributed by atoms with Gasteiger partial charge >= 0.3 is 0 Å². The number of rotatable bonds is 9. The second kappa shape index (κ2) is 17.6. The van der Waals surface area contributed by atoms with E-state index in [0.29, 0.717) is 6.61 Å². The minimum atomic E-state index is -0.833. The van der Waals surface area contributed by atoms with Gasteiger partial charge in [0, 0.05) is 13.5 Å². The summed E-state index contributed by atoms with van der Waals surface area (Å²) in [5.41, 5.74) is 0. The van der Waals surface area contributed by atoms with Gasteiger partial charge in [0.1, 0.15) is 0 Å². The van der Waals surface area contributed by atoms with Crippen molar-refractivity contribution in [3.05, 3.63) is 12.2 Å². The first kappa shape index (κ1) is 18.5. The number of unbranched alkanes of at least 4 members (excludes halogenated alkanes) is 6. The maximum Gasteiger partial charge on any atom is 0.300 e. The minimum Gasteiger partial charge on any atom is -0.481 e. The Kier molecular flexibility index (Phi) is 19.1. The average Bonchev–Trinajstić information content (AvgIpc) is 2.26. The second-order valence-electron chi connectivity index (χ2n) is 4.06. The average molecular weight is 244 g/mol. The van der Waals surface area contributed by atoms with Crippen LogP contribution in [0, 0.1) is 0 Å². The van der Waals surface area contributed by atoms with Gasteiger partial charge in [0.15, 0.2) is 0 Å². The molecular formula is C14H28O3. The molecule has 0 aromatic heterocycles. The first-order valence-corrected chi connectivity index (χ1v) is 6.60. The zero-order valence-corrected chi connectivity index (χ0v) is 11.3. The van der Waals surface area contributed by atoms with Crippen molar-refractivity contribution in [3.63, 3.8) is 0 Å². The van der Waals surface area contributed by atoms with Gasteiger partial charge in [0.2, 0.25) is 0 Å². The van der Waals surface area contributed by atoms with Crippen molar-refractivity contribution in [2.24, 2.45) is 0 Å². The van der Waals surface area contributed by atoms with E-state index < -0.39 is 5.97 Å². The SMILES string of the molecule is CC(=O)O.CCC/C=C/CCCCCCCO. The van der Waals surface area contributed by atoms with Crippen LogP contribution in [-0.4, -0.2) is 22.8 Å². The van der Waals surface area contributed by atoms with Gasteiger partial charge in [-0.15, -0.1) is 0 Å². The van der Waals surface area contributed by atoms with Crippen molar-refractivity contribution in [2.75, 3.05) is 6.61 Å². The quantitative estimate of drug-likeness (QED) is 0.479. The molecule has 0 rings (SSSR count). The Bertz CT molecular complexity index is 172. The fourth-order valence-electron chi connectivity index (χ4n) is 1.31. The van der Waals surface area contributed by atoms with E-state index in [0.717, 1.165) is 13.3 Å². The van der Waals surface area contributed by atoms with Crippen LogP contribution in [0.4, 0.5) is 0 Å². The van der Waals surface area contributed by atoms with E-state index in [4.69, 9.17) is 15.0 Å². The smallest absolute Gasteiger partial charge is 0.300 e. The molecule has 2 N–H and O–H groups in total. The van der Waals surface area contributed by atoms with Crippen LogP contribution in [-0.2, 0) is 4.79 Å². The zero-order chi connectivity index (χ0) is 13.4. The van der Waals surface area contributed by atoms with Gasteiger partial charge < -0.3 is 10.2 Å². The molecule has 0 aliphatic rings. The maximum atomic E-state index is 9.00. The Morgan fingerprint density at radius 1 is 1.00 bits per heavy atom. The molecule has 102 valence electrons. The van der Waals surface area contributed by atoms with E-state index in [2.05, 4.69) is 19.1 Å². The molecule has 0 fully saturated rings. The normalized spacial score (nSPS) is 10.1. The molecule has 0 radical (unpaired) electrons. The molecule has 0 amide bonds. The highest BCUT2D eigenvalue weighted by Crippen LogP contribution is 2.05. The summed E-state index contributed by atoms with van der Waals surface area (Å²) in [4.78, 5) is 9.00. The summed E-state index contributed by atoms with van der Waals surface area (Å²) in [6.45, 7) is 3.65. The monoisotopic (exact) mass is 244 g/mol. The molecular weight excluding hydrogens is 216 g/mol. The molecule has 0 aromatic carbocycles. The Labute approximate surface area is 106 Å². The molecule has 3 heteroatoms. The molecule has 0 saturated heterocycles. The van der Waals surface area contributed by atoms with Crippen molar-refractivity contribution in [1.29, 1.82) is 0 Å². The number of hydrogen-bond acceptors (Lipinski definition) is 2. The number of carboxylic acids is 1. The number of carbonyl (C=O) groups is 1. The Balaban J connectivity index is 0. The minimum absolute atomic E-state index is 0.358. The van der Waals surface area contributed by atoms with Crippen LogP contribution in [0.15, 0.2) is 12.2 Å². The molecule has 0 saturated carbocycles. The molecule has 0 heterocycles. The molecule has 3 nitrogen and oxygen atoms in total. The van der Waals surface area contributed by atoms with Crippen LogP contribution in [0.1, 0.15) is 65.2 Å². The van der Waals surface area contributed by atoms with Crippen molar-refractivity contribution >= 4 is 5.97 Å². The van der Waals surface area contributed by atoms with Gasteiger partial charge in [-0.1, -0.05) is 44.8 Å². The third kappa shape index (κ3) is 31.3. The summed E-state index contributed by atoms with van der Waals surface area (Å²) in [6.07, 6.45) is 14.4. The molecule has 0 atom stereocenters. The van der Waals surface area contributed by atoms with Crippen LogP contribution in [0.5, 0.6) is 0 Å². The standard InChI is InChI=1S/C12H24O.C2H4O2/c1-2-3-4-5-6-7-8-9-10-11-12-13;1-2(3)4/h4-5,13H,2-3,6-12H2,1H3;1H3,(H,3,4)/b5-4+;. The number of carboxylic acid groups (broad SMARTS) is 1. The zero-order valence-electron chi connectivity index (χ0n) is 11.3. The molecule has 0 bridgehead atoms. The molecule has 0 aromatic rings. The topological polar surface area (TPSA) is 57.5 Å². The van der Waals surface area contributed by atoms with Gasteiger partial charge in [-0.3, -0.25) is 4.79 Å². The van der Waals surface area contributed by atoms with Gasteiger partial charge in [0.25, 0.3) is 5.97 Å². The van der Waals surface area contributed by atoms with Crippen LogP contribution in [0.2, 0.25) is 0 Å². The number of aliphatic carboxylic acids is 1. The molecule has 17 heavy (non-hydrogen) atoms. The molecule has 0 aliphatic heterocycles. The van der Waals surface area contributed by atoms with Crippen LogP contribution in [0.25, 0.3) is 0 Å². The fraction of sp³-hybridized carbons (Fsp3) is 0.786. The van der Waals surface area contributed by atoms with E-state index in [1.165, 1.54) is 44.9 Å². The van der Waals surface area contributed by atoms with Crippen LogP contribution < -0.4 is 0 Å². The van der Waals surface area contributed by atoms with Crippen molar-refractivity contribution in [1.82, 2.24) is 0 Å². The molecule has 0 aliphatic carbocycles. The summed E-state index contributed by atoms with van der Waals surface area (Å²) < 4.78 is 0. The highest BCUT2D eigenvalue weighted by Gasteiger charge is 1.87. The van der Waals surface area contributed by atoms with E-state index in [1.54, 1.807) is 0 Å². The third-order valence-corrected chi connectivity index (χ3v) is 2.15. The number of aliphatic hydroxyl groups is 1. The predicted octanol–water partition coefficient (Wildman–Crippen LogP) is 3.77. The summed E-state index contributed by atoms with van der Waals surface area (Å²) in [5, 5.41) is 16.0. The number of allylic oxidation sites excluding steroid dienone is 2. The van der Waals surface area contributed by atoms with E-state index >= 15 is 0 Å². The lowest BCUT2D eigenvalue weighted by Crippen LogP contribution is -1.83. The van der Waals surface area contributed by atoms with Crippen LogP contribution in [0.3, 0.4) is 0 Å². The van der Waals surface area contributed by atoms with Crippen molar-refractivity contribution in [3.8, 4) is 0 Å². The first-order chi connectivity index (χ1) is 8.15. The Morgan fingerprint density at radius 3 is 2.00 bits per heavy atom. The lowest BCUT2D eigenvalue weighted by Gasteiger charge is -1.97. The van der Waals surface area contributed by atoms with Crippen molar-refractivity contribution < 1.29 is 15.0 Å². The van der Waals surface area contributed by atoms with E-state index in [-0.39, 0.29) is 0 Å². The summed E-state index contributed by atoms with van der Waals surface area (Å²) in [5.74, 6) is -0.833. The predicted molar refractivity (Wildman–Crippen MR) is 72.1 cm³/mol. The third-order valence-electron chi connectivity index (χ3n) is 2.15. The lowest BCUT2D eigenvalue weighted by atomic mass is 10.1. The lowest BCUT2D eigenvalue weighted by molar-refractivity contribution is -0.134. The van der Waals surface area contributed by atoms with Gasteiger partial charge in [-0.25, -0.2) is 0 Å². The number of hydrogen-bond donors (Lipinski definition) is 2.